The molecule has 0 saturated heterocycles. The third kappa shape index (κ3) is 7.55. The molecule has 0 radical (unpaired) electrons. The molecular weight excluding hydrogens is 272 g/mol. The summed E-state index contributed by atoms with van der Waals surface area (Å²) < 4.78 is 5.58. The summed E-state index contributed by atoms with van der Waals surface area (Å²) in [6.45, 7) is 2.53. The Morgan fingerprint density at radius 2 is 1.62 bits per heavy atom. The van der Waals surface area contributed by atoms with Crippen molar-refractivity contribution in [2.24, 2.45) is 5.92 Å². The molecule has 0 bridgehead atoms. The minimum atomic E-state index is -1.04. The average Bonchev–Trinajstić information content (AvgIpc) is 2.48. The minimum Gasteiger partial charge on any atom is -0.394 e. The van der Waals surface area contributed by atoms with Gasteiger partial charge < -0.3 is 25.2 Å². The van der Waals surface area contributed by atoms with Crippen molar-refractivity contribution in [1.82, 2.24) is 0 Å². The van der Waals surface area contributed by atoms with Crippen LogP contribution in [0.25, 0.3) is 0 Å². The summed E-state index contributed by atoms with van der Waals surface area (Å²) in [7, 11) is 0. The number of rotatable bonds is 10. The van der Waals surface area contributed by atoms with E-state index in [1.807, 2.05) is 37.3 Å². The van der Waals surface area contributed by atoms with Gasteiger partial charge in [-0.15, -0.1) is 0 Å². The number of hydrogen-bond acceptors (Lipinski definition) is 5. The molecule has 0 spiro atoms. The smallest absolute Gasteiger partial charge is 0.0824 e. The van der Waals surface area contributed by atoms with E-state index in [1.165, 1.54) is 0 Å². The van der Waals surface area contributed by atoms with Crippen LogP contribution >= 0.6 is 0 Å². The Hall–Kier alpha value is -0.980. The highest BCUT2D eigenvalue weighted by Gasteiger charge is 2.21. The van der Waals surface area contributed by atoms with Crippen LogP contribution in [0.2, 0.25) is 0 Å². The summed E-state index contributed by atoms with van der Waals surface area (Å²) in [4.78, 5) is 0. The first-order valence-electron chi connectivity index (χ1n) is 7.29. The molecule has 5 heteroatoms. The van der Waals surface area contributed by atoms with E-state index >= 15 is 0 Å². The molecule has 0 aliphatic rings. The van der Waals surface area contributed by atoms with E-state index < -0.39 is 24.9 Å². The van der Waals surface area contributed by atoms with Crippen LogP contribution in [0.3, 0.4) is 0 Å². The summed E-state index contributed by atoms with van der Waals surface area (Å²) in [6, 6.07) is 9.83. The third-order valence-electron chi connectivity index (χ3n) is 3.33. The molecule has 4 atom stereocenters. The molecule has 0 aromatic heterocycles. The number of aliphatic hydroxyl groups is 4. The van der Waals surface area contributed by atoms with Crippen molar-refractivity contribution in [2.45, 2.75) is 44.7 Å². The number of benzene rings is 1. The lowest BCUT2D eigenvalue weighted by molar-refractivity contribution is -0.0370. The van der Waals surface area contributed by atoms with Gasteiger partial charge in [0.1, 0.15) is 0 Å². The van der Waals surface area contributed by atoms with E-state index in [9.17, 15) is 15.3 Å². The molecule has 0 heterocycles. The molecule has 0 saturated carbocycles. The molecule has 21 heavy (non-hydrogen) atoms. The summed E-state index contributed by atoms with van der Waals surface area (Å²) in [5.74, 6) is 0.0876. The fourth-order valence-electron chi connectivity index (χ4n) is 2.10. The van der Waals surface area contributed by atoms with E-state index in [0.717, 1.165) is 5.56 Å². The Balaban J connectivity index is 2.21. The van der Waals surface area contributed by atoms with Crippen molar-refractivity contribution < 1.29 is 25.2 Å². The van der Waals surface area contributed by atoms with Gasteiger partial charge in [0.05, 0.1) is 31.5 Å². The Labute approximate surface area is 125 Å². The molecular formula is C16H26O5. The summed E-state index contributed by atoms with van der Waals surface area (Å²) in [5, 5.41) is 37.5. The van der Waals surface area contributed by atoms with E-state index in [0.29, 0.717) is 19.6 Å². The molecule has 0 aliphatic heterocycles. The SMILES string of the molecule is C[C@@H](COCc1ccccc1)C[C@H](O)[C@@H](O)C[C@@H](O)CO. The highest BCUT2D eigenvalue weighted by Crippen LogP contribution is 2.14. The van der Waals surface area contributed by atoms with Crippen LogP contribution in [0, 0.1) is 5.92 Å². The molecule has 0 fully saturated rings. The Morgan fingerprint density at radius 3 is 2.24 bits per heavy atom. The summed E-state index contributed by atoms with van der Waals surface area (Å²) in [5.41, 5.74) is 1.09. The molecule has 1 aromatic carbocycles. The second kappa shape index (κ2) is 9.87. The minimum absolute atomic E-state index is 0.0325. The fraction of sp³-hybridized carbons (Fsp3) is 0.625. The van der Waals surface area contributed by atoms with Gasteiger partial charge in [-0.1, -0.05) is 37.3 Å². The van der Waals surface area contributed by atoms with Gasteiger partial charge in [-0.2, -0.15) is 0 Å². The number of ether oxygens (including phenoxy) is 1. The predicted octanol–water partition coefficient (Wildman–Crippen LogP) is 0.694. The molecule has 0 unspecified atom stereocenters. The zero-order valence-electron chi connectivity index (χ0n) is 12.4. The molecule has 4 N–H and O–H groups in total. The highest BCUT2D eigenvalue weighted by atomic mass is 16.5. The number of aliphatic hydroxyl groups excluding tert-OH is 4. The van der Waals surface area contributed by atoms with Crippen LogP contribution in [-0.4, -0.2) is 52.0 Å². The lowest BCUT2D eigenvalue weighted by atomic mass is 9.97. The van der Waals surface area contributed by atoms with E-state index in [-0.39, 0.29) is 12.3 Å². The fourth-order valence-corrected chi connectivity index (χ4v) is 2.10. The van der Waals surface area contributed by atoms with Gasteiger partial charge in [-0.05, 0) is 17.9 Å². The van der Waals surface area contributed by atoms with Gasteiger partial charge >= 0.3 is 0 Å². The van der Waals surface area contributed by atoms with Crippen molar-refractivity contribution in [3.05, 3.63) is 35.9 Å². The van der Waals surface area contributed by atoms with Gasteiger partial charge in [0.2, 0.25) is 0 Å². The molecule has 1 rings (SSSR count). The largest absolute Gasteiger partial charge is 0.394 e. The van der Waals surface area contributed by atoms with Crippen molar-refractivity contribution in [2.75, 3.05) is 13.2 Å². The molecule has 0 aliphatic carbocycles. The predicted molar refractivity (Wildman–Crippen MR) is 79.6 cm³/mol. The monoisotopic (exact) mass is 298 g/mol. The van der Waals surface area contributed by atoms with Crippen LogP contribution in [-0.2, 0) is 11.3 Å². The zero-order valence-corrected chi connectivity index (χ0v) is 12.4. The van der Waals surface area contributed by atoms with Crippen molar-refractivity contribution in [3.63, 3.8) is 0 Å². The first-order chi connectivity index (χ1) is 10.0. The van der Waals surface area contributed by atoms with E-state index in [4.69, 9.17) is 9.84 Å². The molecule has 1 aromatic rings. The Bertz CT molecular complexity index is 370. The summed E-state index contributed by atoms with van der Waals surface area (Å²) >= 11 is 0. The maximum atomic E-state index is 9.85. The van der Waals surface area contributed by atoms with Crippen LogP contribution in [0.1, 0.15) is 25.3 Å². The third-order valence-corrected chi connectivity index (χ3v) is 3.33. The second-order valence-corrected chi connectivity index (χ2v) is 5.55. The standard InChI is InChI=1S/C16H26O5/c1-12(7-15(19)16(20)8-14(18)9-17)10-21-11-13-5-3-2-4-6-13/h2-6,12,14-20H,7-11H2,1H3/t12-,14-,15+,16+/m1/s1. The average molecular weight is 298 g/mol. The maximum Gasteiger partial charge on any atom is 0.0824 e. The van der Waals surface area contributed by atoms with Crippen LogP contribution in [0.4, 0.5) is 0 Å². The topological polar surface area (TPSA) is 90.2 Å². The van der Waals surface area contributed by atoms with Crippen LogP contribution in [0.5, 0.6) is 0 Å². The van der Waals surface area contributed by atoms with Crippen molar-refractivity contribution in [1.29, 1.82) is 0 Å². The molecule has 5 nitrogen and oxygen atoms in total. The first kappa shape index (κ1) is 18.1. The lowest BCUT2D eigenvalue weighted by Gasteiger charge is -2.22. The highest BCUT2D eigenvalue weighted by molar-refractivity contribution is 5.13. The Morgan fingerprint density at radius 1 is 1.00 bits per heavy atom. The van der Waals surface area contributed by atoms with Gasteiger partial charge in [0, 0.05) is 13.0 Å². The van der Waals surface area contributed by atoms with Crippen molar-refractivity contribution in [3.8, 4) is 0 Å². The first-order valence-corrected chi connectivity index (χ1v) is 7.29. The van der Waals surface area contributed by atoms with E-state index in [1.54, 1.807) is 0 Å². The summed E-state index contributed by atoms with van der Waals surface area (Å²) in [6.07, 6.45) is -2.62. The quantitative estimate of drug-likeness (QED) is 0.510. The number of hydrogen-bond donors (Lipinski definition) is 4. The van der Waals surface area contributed by atoms with Gasteiger partial charge in [0.15, 0.2) is 0 Å². The van der Waals surface area contributed by atoms with Crippen molar-refractivity contribution >= 4 is 0 Å². The zero-order chi connectivity index (χ0) is 15.7. The maximum absolute atomic E-state index is 9.85. The molecule has 0 amide bonds. The Kier molecular flexibility index (Phi) is 8.49. The van der Waals surface area contributed by atoms with Crippen LogP contribution < -0.4 is 0 Å². The lowest BCUT2D eigenvalue weighted by Crippen LogP contribution is -2.33. The molecule has 120 valence electrons. The van der Waals surface area contributed by atoms with Gasteiger partial charge in [-0.25, -0.2) is 0 Å². The normalized spacial score (nSPS) is 17.2. The van der Waals surface area contributed by atoms with Gasteiger partial charge in [-0.3, -0.25) is 0 Å². The van der Waals surface area contributed by atoms with Gasteiger partial charge in [0.25, 0.3) is 0 Å². The second-order valence-electron chi connectivity index (χ2n) is 5.55. The van der Waals surface area contributed by atoms with Crippen LogP contribution in [0.15, 0.2) is 30.3 Å². The van der Waals surface area contributed by atoms with E-state index in [2.05, 4.69) is 0 Å².